The molecule has 0 aromatic rings. The SMILES string of the molecule is C[C@]12CC[C@@H](OCCCN)CC1CCC1C2CC[C@@]2(C)C1CC[C@@H]2CCCCO. The van der Waals surface area contributed by atoms with E-state index in [2.05, 4.69) is 13.8 Å². The van der Waals surface area contributed by atoms with Gasteiger partial charge in [0.25, 0.3) is 0 Å². The summed E-state index contributed by atoms with van der Waals surface area (Å²) in [6, 6.07) is 0. The van der Waals surface area contributed by atoms with Crippen molar-refractivity contribution in [3.05, 3.63) is 0 Å². The second-order valence-electron chi connectivity index (χ2n) is 11.6. The molecule has 0 heterocycles. The Morgan fingerprint density at radius 3 is 2.48 bits per heavy atom. The molecule has 0 spiro atoms. The molecule has 0 radical (unpaired) electrons. The van der Waals surface area contributed by atoms with Crippen LogP contribution in [0.5, 0.6) is 0 Å². The van der Waals surface area contributed by atoms with Crippen LogP contribution in [-0.2, 0) is 4.74 Å². The van der Waals surface area contributed by atoms with Crippen LogP contribution in [0.15, 0.2) is 0 Å². The lowest BCUT2D eigenvalue weighted by Gasteiger charge is -2.61. The minimum absolute atomic E-state index is 0.369. The molecule has 3 heteroatoms. The quantitative estimate of drug-likeness (QED) is 0.521. The van der Waals surface area contributed by atoms with E-state index < -0.39 is 0 Å². The predicted octanol–water partition coefficient (Wildman–Crippen LogP) is 5.54. The summed E-state index contributed by atoms with van der Waals surface area (Å²) < 4.78 is 6.20. The second kappa shape index (κ2) is 9.17. The normalized spacial score (nSPS) is 46.8. The van der Waals surface area contributed by atoms with Gasteiger partial charge in [-0.25, -0.2) is 0 Å². The first kappa shape index (κ1) is 22.1. The van der Waals surface area contributed by atoms with E-state index in [1.54, 1.807) is 0 Å². The third kappa shape index (κ3) is 4.05. The molecular formula is C26H47NO2. The number of ether oxygens (including phenoxy) is 1. The fourth-order valence-corrected chi connectivity index (χ4v) is 8.79. The highest BCUT2D eigenvalue weighted by molar-refractivity contribution is 5.09. The Labute approximate surface area is 179 Å². The molecule has 4 saturated carbocycles. The third-order valence-corrected chi connectivity index (χ3v) is 10.5. The third-order valence-electron chi connectivity index (χ3n) is 10.5. The number of rotatable bonds is 8. The van der Waals surface area contributed by atoms with Crippen molar-refractivity contribution in [2.24, 2.45) is 46.2 Å². The molecule has 4 aliphatic carbocycles. The molecular weight excluding hydrogens is 358 g/mol. The monoisotopic (exact) mass is 405 g/mol. The summed E-state index contributed by atoms with van der Waals surface area (Å²) in [5.74, 6) is 4.70. The standard InChI is InChI=1S/C26H47NO2/c1-25-14-12-24-22(23(25)10-8-19(25)6-3-4-16-28)9-7-20-18-21(29-17-5-15-27)11-13-26(20,24)2/h19-24,28H,3-18,27H2,1-2H3/t19-,20?,21+,22?,23?,24?,25+,26-/m0/s1. The number of hydrogen-bond acceptors (Lipinski definition) is 3. The van der Waals surface area contributed by atoms with Gasteiger partial charge in [0.2, 0.25) is 0 Å². The van der Waals surface area contributed by atoms with E-state index in [-0.39, 0.29) is 0 Å². The van der Waals surface area contributed by atoms with Gasteiger partial charge in [0.1, 0.15) is 0 Å². The van der Waals surface area contributed by atoms with Gasteiger partial charge in [0.15, 0.2) is 0 Å². The van der Waals surface area contributed by atoms with E-state index in [1.807, 2.05) is 0 Å². The molecule has 0 aromatic carbocycles. The molecule has 4 unspecified atom stereocenters. The minimum Gasteiger partial charge on any atom is -0.396 e. The van der Waals surface area contributed by atoms with Gasteiger partial charge in [-0.2, -0.15) is 0 Å². The highest BCUT2D eigenvalue weighted by atomic mass is 16.5. The number of unbranched alkanes of at least 4 members (excludes halogenated alkanes) is 1. The Balaban J connectivity index is 1.40. The van der Waals surface area contributed by atoms with Crippen molar-refractivity contribution in [2.75, 3.05) is 19.8 Å². The molecule has 3 nitrogen and oxygen atoms in total. The van der Waals surface area contributed by atoms with Crippen LogP contribution in [0.25, 0.3) is 0 Å². The van der Waals surface area contributed by atoms with Crippen molar-refractivity contribution in [3.63, 3.8) is 0 Å². The lowest BCUT2D eigenvalue weighted by atomic mass is 9.44. The molecule has 168 valence electrons. The summed E-state index contributed by atoms with van der Waals surface area (Å²) in [6.07, 6.45) is 17.8. The number of aliphatic hydroxyl groups excluding tert-OH is 1. The van der Waals surface area contributed by atoms with Crippen molar-refractivity contribution < 1.29 is 9.84 Å². The Kier molecular flexibility index (Phi) is 6.98. The van der Waals surface area contributed by atoms with Crippen LogP contribution in [0.2, 0.25) is 0 Å². The summed E-state index contributed by atoms with van der Waals surface area (Å²) in [6.45, 7) is 7.30. The molecule has 3 N–H and O–H groups in total. The highest BCUT2D eigenvalue weighted by Gasteiger charge is 2.59. The number of nitrogens with two attached hydrogens (primary N) is 1. The topological polar surface area (TPSA) is 55.5 Å². The fourth-order valence-electron chi connectivity index (χ4n) is 8.79. The molecule has 8 atom stereocenters. The van der Waals surface area contributed by atoms with E-state index in [1.165, 1.54) is 70.6 Å². The van der Waals surface area contributed by atoms with Gasteiger partial charge >= 0.3 is 0 Å². The van der Waals surface area contributed by atoms with Crippen LogP contribution in [-0.4, -0.2) is 31.0 Å². The number of hydrogen-bond donors (Lipinski definition) is 2. The molecule has 0 aromatic heterocycles. The van der Waals surface area contributed by atoms with Crippen LogP contribution in [0.3, 0.4) is 0 Å². The maximum absolute atomic E-state index is 9.19. The van der Waals surface area contributed by atoms with Crippen LogP contribution >= 0.6 is 0 Å². The van der Waals surface area contributed by atoms with Crippen molar-refractivity contribution in [3.8, 4) is 0 Å². The first-order chi connectivity index (χ1) is 14.0. The lowest BCUT2D eigenvalue weighted by molar-refractivity contribution is -0.134. The number of aliphatic hydroxyl groups is 1. The van der Waals surface area contributed by atoms with Gasteiger partial charge < -0.3 is 15.6 Å². The van der Waals surface area contributed by atoms with Gasteiger partial charge in [0, 0.05) is 13.2 Å². The minimum atomic E-state index is 0.369. The first-order valence-corrected chi connectivity index (χ1v) is 13.0. The summed E-state index contributed by atoms with van der Waals surface area (Å²) in [5, 5.41) is 9.19. The maximum atomic E-state index is 9.19. The smallest absolute Gasteiger partial charge is 0.0578 e. The molecule has 4 rings (SSSR count). The van der Waals surface area contributed by atoms with E-state index >= 15 is 0 Å². The van der Waals surface area contributed by atoms with Crippen molar-refractivity contribution in [1.82, 2.24) is 0 Å². The Morgan fingerprint density at radius 2 is 1.69 bits per heavy atom. The zero-order valence-corrected chi connectivity index (χ0v) is 19.2. The van der Waals surface area contributed by atoms with Crippen molar-refractivity contribution >= 4 is 0 Å². The molecule has 4 fully saturated rings. The zero-order valence-electron chi connectivity index (χ0n) is 19.2. The Bertz CT molecular complexity index is 539. The average molecular weight is 406 g/mol. The summed E-state index contributed by atoms with van der Waals surface area (Å²) >= 11 is 0. The second-order valence-corrected chi connectivity index (χ2v) is 11.6. The van der Waals surface area contributed by atoms with E-state index in [9.17, 15) is 5.11 Å². The predicted molar refractivity (Wildman–Crippen MR) is 120 cm³/mol. The van der Waals surface area contributed by atoms with E-state index in [0.717, 1.165) is 55.6 Å². The molecule has 0 saturated heterocycles. The fraction of sp³-hybridized carbons (Fsp3) is 1.00. The number of fused-ring (bicyclic) bond motifs is 5. The van der Waals surface area contributed by atoms with Gasteiger partial charge in [-0.3, -0.25) is 0 Å². The summed E-state index contributed by atoms with van der Waals surface area (Å²) in [5.41, 5.74) is 6.80. The summed E-state index contributed by atoms with van der Waals surface area (Å²) in [4.78, 5) is 0. The summed E-state index contributed by atoms with van der Waals surface area (Å²) in [7, 11) is 0. The van der Waals surface area contributed by atoms with Crippen LogP contribution < -0.4 is 5.73 Å². The molecule has 0 amide bonds. The van der Waals surface area contributed by atoms with Crippen molar-refractivity contribution in [1.29, 1.82) is 0 Å². The Hall–Kier alpha value is -0.120. The largest absolute Gasteiger partial charge is 0.396 e. The molecule has 4 aliphatic rings. The van der Waals surface area contributed by atoms with E-state index in [0.29, 0.717) is 23.5 Å². The van der Waals surface area contributed by atoms with Crippen LogP contribution in [0.4, 0.5) is 0 Å². The van der Waals surface area contributed by atoms with Gasteiger partial charge in [-0.1, -0.05) is 20.3 Å². The average Bonchev–Trinajstić information content (AvgIpc) is 3.05. The van der Waals surface area contributed by atoms with Crippen molar-refractivity contribution in [2.45, 2.75) is 103 Å². The maximum Gasteiger partial charge on any atom is 0.0578 e. The molecule has 0 bridgehead atoms. The van der Waals surface area contributed by atoms with E-state index in [4.69, 9.17) is 10.5 Å². The Morgan fingerprint density at radius 1 is 0.897 bits per heavy atom. The van der Waals surface area contributed by atoms with Gasteiger partial charge in [-0.05, 0) is 124 Å². The van der Waals surface area contributed by atoms with Crippen LogP contribution in [0.1, 0.15) is 97.3 Å². The molecule has 0 aliphatic heterocycles. The highest BCUT2D eigenvalue weighted by Crippen LogP contribution is 2.68. The molecule has 29 heavy (non-hydrogen) atoms. The van der Waals surface area contributed by atoms with Gasteiger partial charge in [0.05, 0.1) is 6.10 Å². The first-order valence-electron chi connectivity index (χ1n) is 13.0. The lowest BCUT2D eigenvalue weighted by Crippen LogP contribution is -2.54. The zero-order chi connectivity index (χ0) is 20.5. The van der Waals surface area contributed by atoms with Gasteiger partial charge in [-0.15, -0.1) is 0 Å². The van der Waals surface area contributed by atoms with Crippen LogP contribution in [0, 0.1) is 40.4 Å².